The summed E-state index contributed by atoms with van der Waals surface area (Å²) in [6.45, 7) is 0. The minimum Gasteiger partial charge on any atom is -0.758 e. The number of nitrogens with zero attached hydrogens (tertiary/aromatic N) is 2. The fourth-order valence-corrected chi connectivity index (χ4v) is 4.09. The van der Waals surface area contributed by atoms with Crippen LogP contribution < -0.4 is 4.90 Å². The summed E-state index contributed by atoms with van der Waals surface area (Å²) in [6.07, 6.45) is 1.87. The number of alkyl halides is 3. The standard InChI is InChI=1S/C11H6F3N2O7S2/c12-11(13,14)25(22,23)16(19)24(20,21)8-3-1-7(2-4-8)15-9(17)5-6-10(15)18/h1-6H/q-1. The van der Waals surface area contributed by atoms with Gasteiger partial charge in [-0.1, -0.05) is 0 Å². The lowest BCUT2D eigenvalue weighted by atomic mass is 10.3. The Kier molecular flexibility index (Phi) is 4.50. The van der Waals surface area contributed by atoms with E-state index in [1.54, 1.807) is 0 Å². The third kappa shape index (κ3) is 3.15. The van der Waals surface area contributed by atoms with Crippen molar-refractivity contribution in [3.05, 3.63) is 41.6 Å². The van der Waals surface area contributed by atoms with Crippen LogP contribution in [-0.2, 0) is 29.6 Å². The number of carbonyl (C=O) groups excluding carboxylic acids is 2. The van der Waals surface area contributed by atoms with Crippen LogP contribution in [0.3, 0.4) is 0 Å². The number of benzene rings is 1. The van der Waals surface area contributed by atoms with E-state index < -0.39 is 46.1 Å². The molecule has 1 aliphatic rings. The summed E-state index contributed by atoms with van der Waals surface area (Å²) in [6, 6.07) is 2.87. The highest BCUT2D eigenvalue weighted by atomic mass is 32.3. The third-order valence-corrected chi connectivity index (χ3v) is 6.30. The van der Waals surface area contributed by atoms with Crippen LogP contribution in [0, 0.1) is 5.21 Å². The molecule has 14 heteroatoms. The van der Waals surface area contributed by atoms with Crippen LogP contribution in [-0.4, -0.2) is 38.0 Å². The Hall–Kier alpha value is -2.29. The lowest BCUT2D eigenvalue weighted by Gasteiger charge is -2.27. The van der Waals surface area contributed by atoms with E-state index in [2.05, 4.69) is 0 Å². The number of imide groups is 1. The molecule has 9 nitrogen and oxygen atoms in total. The number of sulfonamides is 2. The first-order valence-corrected chi connectivity index (χ1v) is 8.88. The highest BCUT2D eigenvalue weighted by molar-refractivity contribution is 8.04. The number of carbonyl (C=O) groups is 2. The molecular weight excluding hydrogens is 393 g/mol. The molecule has 0 saturated heterocycles. The van der Waals surface area contributed by atoms with Crippen molar-refractivity contribution in [2.75, 3.05) is 4.90 Å². The van der Waals surface area contributed by atoms with E-state index in [0.717, 1.165) is 24.3 Å². The predicted molar refractivity (Wildman–Crippen MR) is 75.4 cm³/mol. The summed E-state index contributed by atoms with van der Waals surface area (Å²) in [5.41, 5.74) is -6.24. The molecule has 1 aromatic carbocycles. The Bertz CT molecular complexity index is 948. The molecule has 0 radical (unpaired) electrons. The summed E-state index contributed by atoms with van der Waals surface area (Å²) in [7, 11) is -12.2. The van der Waals surface area contributed by atoms with Gasteiger partial charge >= 0.3 is 15.5 Å². The molecule has 0 N–H and O–H groups in total. The van der Waals surface area contributed by atoms with Crippen LogP contribution in [0.4, 0.5) is 18.9 Å². The number of hydrogen-bond donors (Lipinski definition) is 0. The fraction of sp³-hybridized carbons (Fsp3) is 0.0909. The van der Waals surface area contributed by atoms with E-state index in [4.69, 9.17) is 0 Å². The Morgan fingerprint density at radius 1 is 0.920 bits per heavy atom. The molecule has 136 valence electrons. The van der Waals surface area contributed by atoms with Crippen LogP contribution in [0.5, 0.6) is 0 Å². The number of hydrogen-bond acceptors (Lipinski definition) is 7. The van der Waals surface area contributed by atoms with Gasteiger partial charge in [-0.2, -0.15) is 17.0 Å². The topological polar surface area (TPSA) is 132 Å². The molecule has 2 amide bonds. The number of halogens is 3. The first-order valence-electron chi connectivity index (χ1n) is 6.00. The second kappa shape index (κ2) is 5.91. The summed E-state index contributed by atoms with van der Waals surface area (Å²) in [4.78, 5) is 22.5. The largest absolute Gasteiger partial charge is 0.758 e. The summed E-state index contributed by atoms with van der Waals surface area (Å²) >= 11 is 0. The van der Waals surface area contributed by atoms with Crippen LogP contribution in [0.25, 0.3) is 0 Å². The van der Waals surface area contributed by atoms with Crippen LogP contribution in [0.1, 0.15) is 0 Å². The highest BCUT2D eigenvalue weighted by Crippen LogP contribution is 2.31. The lowest BCUT2D eigenvalue weighted by Crippen LogP contribution is -2.40. The zero-order valence-electron chi connectivity index (χ0n) is 11.7. The molecule has 0 fully saturated rings. The van der Waals surface area contributed by atoms with Crippen molar-refractivity contribution in [3.63, 3.8) is 0 Å². The zero-order valence-corrected chi connectivity index (χ0v) is 13.3. The highest BCUT2D eigenvalue weighted by Gasteiger charge is 2.50. The molecule has 0 spiro atoms. The van der Waals surface area contributed by atoms with Gasteiger partial charge < -0.3 is 5.21 Å². The molecule has 0 saturated carbocycles. The first kappa shape index (κ1) is 19.0. The smallest absolute Gasteiger partial charge is 0.511 e. The van der Waals surface area contributed by atoms with Gasteiger partial charge in [0, 0.05) is 12.2 Å². The maximum Gasteiger partial charge on any atom is 0.511 e. The van der Waals surface area contributed by atoms with E-state index >= 15 is 0 Å². The molecule has 1 aromatic rings. The van der Waals surface area contributed by atoms with E-state index in [1.807, 2.05) is 0 Å². The maximum absolute atomic E-state index is 12.3. The van der Waals surface area contributed by atoms with E-state index in [0.29, 0.717) is 17.0 Å². The van der Waals surface area contributed by atoms with Gasteiger partial charge in [0.15, 0.2) is 0 Å². The zero-order chi connectivity index (χ0) is 19.2. The van der Waals surface area contributed by atoms with Crippen molar-refractivity contribution in [1.82, 2.24) is 3.87 Å². The molecule has 0 atom stereocenters. The number of anilines is 1. The molecular formula is C11H6F3N2O7S2-. The lowest BCUT2D eigenvalue weighted by molar-refractivity contribution is -0.120. The number of rotatable bonds is 4. The van der Waals surface area contributed by atoms with Gasteiger partial charge in [-0.3, -0.25) is 9.59 Å². The minimum atomic E-state index is -6.66. The van der Waals surface area contributed by atoms with Crippen molar-refractivity contribution in [3.8, 4) is 0 Å². The molecule has 1 heterocycles. The third-order valence-electron chi connectivity index (χ3n) is 2.89. The minimum absolute atomic E-state index is 0.130. The van der Waals surface area contributed by atoms with Gasteiger partial charge in [0.1, 0.15) is 0 Å². The SMILES string of the molecule is O=C1C=CC(=O)N1c1ccc(S(=O)(=O)N([O-])S(=O)(=O)C(F)(F)F)cc1. The summed E-state index contributed by atoms with van der Waals surface area (Å²) < 4.78 is 80.3. The van der Waals surface area contributed by atoms with Crippen molar-refractivity contribution in [1.29, 1.82) is 0 Å². The molecule has 25 heavy (non-hydrogen) atoms. The number of amides is 2. The molecule has 1 aliphatic heterocycles. The van der Waals surface area contributed by atoms with Crippen LogP contribution in [0.2, 0.25) is 0 Å². The van der Waals surface area contributed by atoms with E-state index in [9.17, 15) is 44.8 Å². The average Bonchev–Trinajstić information content (AvgIpc) is 2.84. The monoisotopic (exact) mass is 399 g/mol. The van der Waals surface area contributed by atoms with E-state index in [-0.39, 0.29) is 5.69 Å². The molecule has 0 aliphatic carbocycles. The van der Waals surface area contributed by atoms with Gasteiger partial charge in [0.05, 0.1) is 10.6 Å². The van der Waals surface area contributed by atoms with Gasteiger partial charge in [-0.05, 0) is 24.3 Å². The Labute approximate surface area is 138 Å². The quantitative estimate of drug-likeness (QED) is 0.530. The van der Waals surface area contributed by atoms with Crippen molar-refractivity contribution in [2.45, 2.75) is 10.4 Å². The first-order chi connectivity index (χ1) is 11.3. The van der Waals surface area contributed by atoms with Gasteiger partial charge in [-0.25, -0.2) is 21.7 Å². The molecule has 0 aromatic heterocycles. The van der Waals surface area contributed by atoms with Crippen LogP contribution >= 0.6 is 0 Å². The van der Waals surface area contributed by atoms with Gasteiger partial charge in [0.2, 0.25) is 10.0 Å². The van der Waals surface area contributed by atoms with Crippen molar-refractivity contribution in [2.24, 2.45) is 0 Å². The normalized spacial score (nSPS) is 16.1. The average molecular weight is 399 g/mol. The van der Waals surface area contributed by atoms with Gasteiger partial charge in [0.25, 0.3) is 11.8 Å². The summed E-state index contributed by atoms with van der Waals surface area (Å²) in [5, 5.41) is 11.3. The van der Waals surface area contributed by atoms with Gasteiger partial charge in [-0.15, -0.1) is 0 Å². The van der Waals surface area contributed by atoms with E-state index in [1.165, 1.54) is 0 Å². The second-order valence-corrected chi connectivity index (χ2v) is 8.19. The fourth-order valence-electron chi connectivity index (χ4n) is 1.72. The predicted octanol–water partition coefficient (Wildman–Crippen LogP) is 0.454. The molecule has 0 unspecified atom stereocenters. The Balaban J connectivity index is 2.39. The maximum atomic E-state index is 12.3. The summed E-state index contributed by atoms with van der Waals surface area (Å²) in [5.74, 6) is -1.49. The Morgan fingerprint density at radius 3 is 1.76 bits per heavy atom. The second-order valence-electron chi connectivity index (χ2n) is 4.46. The molecule has 0 bridgehead atoms. The van der Waals surface area contributed by atoms with Crippen molar-refractivity contribution >= 4 is 37.5 Å². The van der Waals surface area contributed by atoms with Crippen molar-refractivity contribution < 1.29 is 39.6 Å². The van der Waals surface area contributed by atoms with Crippen LogP contribution in [0.15, 0.2) is 41.3 Å². The molecule has 2 rings (SSSR count). The Morgan fingerprint density at radius 2 is 1.36 bits per heavy atom.